The third-order valence-corrected chi connectivity index (χ3v) is 4.18. The number of ether oxygens (including phenoxy) is 1. The Hall–Kier alpha value is -2.50. The number of aryl methyl sites for hydroxylation is 1. The van der Waals surface area contributed by atoms with Gasteiger partial charge in [-0.1, -0.05) is 18.2 Å². The van der Waals surface area contributed by atoms with Gasteiger partial charge in [0.05, 0.1) is 7.11 Å². The number of rotatable bonds is 6. The minimum absolute atomic E-state index is 0.0969. The highest BCUT2D eigenvalue weighted by molar-refractivity contribution is 5.76. The second-order valence-electron chi connectivity index (χ2n) is 6.62. The van der Waals surface area contributed by atoms with E-state index in [2.05, 4.69) is 10.3 Å². The summed E-state index contributed by atoms with van der Waals surface area (Å²) in [4.78, 5) is 19.2. The number of imidazole rings is 1. The standard InChI is InChI=1S/C19H28N4O2/c1-13(2)23(14(3)4)19(24)21-17(18-20-11-12-22(18)5)15-9-7-8-10-16(15)25-6/h7-14,17H,1-6H3,(H,21,24). The maximum absolute atomic E-state index is 13.0. The molecule has 2 aromatic rings. The molecule has 0 aliphatic rings. The van der Waals surface area contributed by atoms with E-state index in [0.29, 0.717) is 0 Å². The van der Waals surface area contributed by atoms with Gasteiger partial charge in [-0.3, -0.25) is 0 Å². The van der Waals surface area contributed by atoms with Crippen molar-refractivity contribution in [1.82, 2.24) is 19.8 Å². The van der Waals surface area contributed by atoms with Gasteiger partial charge in [-0.2, -0.15) is 0 Å². The molecule has 2 rings (SSSR count). The van der Waals surface area contributed by atoms with Crippen molar-refractivity contribution < 1.29 is 9.53 Å². The van der Waals surface area contributed by atoms with E-state index in [0.717, 1.165) is 17.1 Å². The lowest BCUT2D eigenvalue weighted by Crippen LogP contribution is -2.49. The van der Waals surface area contributed by atoms with Crippen molar-refractivity contribution in [3.8, 4) is 5.75 Å². The molecule has 0 bridgehead atoms. The SMILES string of the molecule is COc1ccccc1C(NC(=O)N(C(C)C)C(C)C)c1nccn1C. The fourth-order valence-electron chi connectivity index (χ4n) is 3.10. The molecular weight excluding hydrogens is 316 g/mol. The summed E-state index contributed by atoms with van der Waals surface area (Å²) in [7, 11) is 3.55. The van der Waals surface area contributed by atoms with Crippen LogP contribution in [-0.4, -0.2) is 39.7 Å². The third kappa shape index (κ3) is 4.13. The largest absolute Gasteiger partial charge is 0.496 e. The second-order valence-corrected chi connectivity index (χ2v) is 6.62. The summed E-state index contributed by atoms with van der Waals surface area (Å²) in [6.07, 6.45) is 3.60. The van der Waals surface area contributed by atoms with Crippen molar-refractivity contribution in [2.75, 3.05) is 7.11 Å². The predicted octanol–water partition coefficient (Wildman–Crippen LogP) is 3.35. The molecule has 0 fully saturated rings. The quantitative estimate of drug-likeness (QED) is 0.874. The van der Waals surface area contributed by atoms with Gasteiger partial charge in [0.15, 0.2) is 0 Å². The molecule has 25 heavy (non-hydrogen) atoms. The average molecular weight is 344 g/mol. The topological polar surface area (TPSA) is 59.4 Å². The molecule has 1 aromatic carbocycles. The number of hydrogen-bond donors (Lipinski definition) is 1. The number of aromatic nitrogens is 2. The molecule has 6 nitrogen and oxygen atoms in total. The van der Waals surface area contributed by atoms with E-state index >= 15 is 0 Å². The van der Waals surface area contributed by atoms with Crippen molar-refractivity contribution in [2.24, 2.45) is 7.05 Å². The molecule has 136 valence electrons. The highest BCUT2D eigenvalue weighted by atomic mass is 16.5. The number of methoxy groups -OCH3 is 1. The Morgan fingerprint density at radius 2 is 1.84 bits per heavy atom. The van der Waals surface area contributed by atoms with Gasteiger partial charge in [-0.05, 0) is 33.8 Å². The van der Waals surface area contributed by atoms with Crippen LogP contribution in [0.4, 0.5) is 4.79 Å². The van der Waals surface area contributed by atoms with E-state index in [4.69, 9.17) is 4.74 Å². The first kappa shape index (κ1) is 18.8. The molecule has 1 N–H and O–H groups in total. The smallest absolute Gasteiger partial charge is 0.318 e. The van der Waals surface area contributed by atoms with E-state index in [-0.39, 0.29) is 18.1 Å². The van der Waals surface area contributed by atoms with Crippen LogP contribution >= 0.6 is 0 Å². The van der Waals surface area contributed by atoms with Crippen molar-refractivity contribution in [3.05, 3.63) is 48.0 Å². The summed E-state index contributed by atoms with van der Waals surface area (Å²) in [5.41, 5.74) is 0.875. The number of nitrogens with zero attached hydrogens (tertiary/aromatic N) is 3. The number of hydrogen-bond acceptors (Lipinski definition) is 3. The van der Waals surface area contributed by atoms with E-state index in [1.807, 2.05) is 74.7 Å². The van der Waals surface area contributed by atoms with Crippen LogP contribution in [0, 0.1) is 0 Å². The first-order chi connectivity index (χ1) is 11.9. The van der Waals surface area contributed by atoms with Gasteiger partial charge in [0.25, 0.3) is 0 Å². The normalized spacial score (nSPS) is 12.3. The van der Waals surface area contributed by atoms with Crippen molar-refractivity contribution in [2.45, 2.75) is 45.8 Å². The maximum atomic E-state index is 13.0. The lowest BCUT2D eigenvalue weighted by molar-refractivity contribution is 0.162. The van der Waals surface area contributed by atoms with Crippen molar-refractivity contribution >= 4 is 6.03 Å². The first-order valence-corrected chi connectivity index (χ1v) is 8.55. The maximum Gasteiger partial charge on any atom is 0.318 e. The lowest BCUT2D eigenvalue weighted by atomic mass is 10.0. The molecule has 0 aliphatic carbocycles. The average Bonchev–Trinajstić information content (AvgIpc) is 2.97. The summed E-state index contributed by atoms with van der Waals surface area (Å²) < 4.78 is 7.41. The van der Waals surface area contributed by atoms with Crippen LogP contribution in [0.15, 0.2) is 36.7 Å². The summed E-state index contributed by atoms with van der Waals surface area (Å²) in [5.74, 6) is 1.47. The first-order valence-electron chi connectivity index (χ1n) is 8.55. The van der Waals surface area contributed by atoms with Crippen LogP contribution in [0.1, 0.15) is 45.1 Å². The Morgan fingerprint density at radius 3 is 2.36 bits per heavy atom. The predicted molar refractivity (Wildman–Crippen MR) is 98.7 cm³/mol. The zero-order chi connectivity index (χ0) is 18.6. The van der Waals surface area contributed by atoms with Gasteiger partial charge in [0, 0.05) is 37.1 Å². The second kappa shape index (κ2) is 8.05. The number of nitrogens with one attached hydrogen (secondary N) is 1. The molecule has 0 saturated carbocycles. The number of amides is 2. The van der Waals surface area contributed by atoms with Gasteiger partial charge < -0.3 is 19.5 Å². The van der Waals surface area contributed by atoms with Crippen molar-refractivity contribution in [3.63, 3.8) is 0 Å². The van der Waals surface area contributed by atoms with E-state index in [1.54, 1.807) is 13.3 Å². The number of urea groups is 1. The Bertz CT molecular complexity index is 701. The van der Waals surface area contributed by atoms with Crippen LogP contribution in [-0.2, 0) is 7.05 Å². The molecule has 0 radical (unpaired) electrons. The highest BCUT2D eigenvalue weighted by Crippen LogP contribution is 2.29. The third-order valence-electron chi connectivity index (χ3n) is 4.18. The van der Waals surface area contributed by atoms with Gasteiger partial charge in [-0.15, -0.1) is 0 Å². The van der Waals surface area contributed by atoms with Gasteiger partial charge in [-0.25, -0.2) is 9.78 Å². The molecular formula is C19H28N4O2. The van der Waals surface area contributed by atoms with E-state index < -0.39 is 6.04 Å². The monoisotopic (exact) mass is 344 g/mol. The van der Waals surface area contributed by atoms with E-state index in [9.17, 15) is 4.79 Å². The molecule has 6 heteroatoms. The Kier molecular flexibility index (Phi) is 6.07. The minimum atomic E-state index is -0.399. The fraction of sp³-hybridized carbons (Fsp3) is 0.474. The van der Waals surface area contributed by atoms with Crippen LogP contribution in [0.25, 0.3) is 0 Å². The molecule has 1 unspecified atom stereocenters. The summed E-state index contributed by atoms with van der Waals surface area (Å²) in [5, 5.41) is 3.14. The Morgan fingerprint density at radius 1 is 1.20 bits per heavy atom. The van der Waals surface area contributed by atoms with Gasteiger partial charge in [0.1, 0.15) is 17.6 Å². The van der Waals surface area contributed by atoms with Crippen LogP contribution in [0.5, 0.6) is 5.75 Å². The molecule has 1 atom stereocenters. The Labute approximate surface area is 149 Å². The molecule has 0 aliphatic heterocycles. The number of carbonyl (C=O) groups excluding carboxylic acids is 1. The zero-order valence-electron chi connectivity index (χ0n) is 15.9. The zero-order valence-corrected chi connectivity index (χ0v) is 15.9. The Balaban J connectivity index is 2.43. The van der Waals surface area contributed by atoms with Crippen LogP contribution in [0.3, 0.4) is 0 Å². The number of carbonyl (C=O) groups is 1. The molecule has 0 saturated heterocycles. The van der Waals surface area contributed by atoms with Gasteiger partial charge in [0.2, 0.25) is 0 Å². The summed E-state index contributed by atoms with van der Waals surface area (Å²) >= 11 is 0. The number of para-hydroxylation sites is 1. The highest BCUT2D eigenvalue weighted by Gasteiger charge is 2.28. The molecule has 2 amide bonds. The van der Waals surface area contributed by atoms with Crippen molar-refractivity contribution in [1.29, 1.82) is 0 Å². The molecule has 0 spiro atoms. The van der Waals surface area contributed by atoms with Gasteiger partial charge >= 0.3 is 6.03 Å². The minimum Gasteiger partial charge on any atom is -0.496 e. The fourth-order valence-corrected chi connectivity index (χ4v) is 3.10. The summed E-state index contributed by atoms with van der Waals surface area (Å²) in [6.45, 7) is 8.05. The van der Waals surface area contributed by atoms with E-state index in [1.165, 1.54) is 0 Å². The van der Waals surface area contributed by atoms with Crippen LogP contribution in [0.2, 0.25) is 0 Å². The number of benzene rings is 1. The molecule has 1 aromatic heterocycles. The lowest BCUT2D eigenvalue weighted by Gasteiger charge is -2.33. The van der Waals surface area contributed by atoms with Crippen LogP contribution < -0.4 is 10.1 Å². The summed E-state index contributed by atoms with van der Waals surface area (Å²) in [6, 6.07) is 7.36. The molecule has 1 heterocycles.